The summed E-state index contributed by atoms with van der Waals surface area (Å²) in [6, 6.07) is 4.38. The van der Waals surface area contributed by atoms with E-state index in [9.17, 15) is 5.11 Å². The molecular weight excluding hydrogens is 280 g/mol. The number of ether oxygens (including phenoxy) is 2. The third-order valence-electron chi connectivity index (χ3n) is 6.12. The second-order valence-corrected chi connectivity index (χ2v) is 6.87. The van der Waals surface area contributed by atoms with E-state index < -0.39 is 6.10 Å². The van der Waals surface area contributed by atoms with Gasteiger partial charge in [-0.25, -0.2) is 5.01 Å². The summed E-state index contributed by atoms with van der Waals surface area (Å²) in [6.45, 7) is 0.831. The topological polar surface area (TPSA) is 68.0 Å². The molecular formula is C17H20N2O3. The van der Waals surface area contributed by atoms with Gasteiger partial charge in [0.05, 0.1) is 7.11 Å². The number of nitrogens with two attached hydrogens (primary N) is 1. The first kappa shape index (κ1) is 12.9. The molecule has 4 aliphatic rings. The summed E-state index contributed by atoms with van der Waals surface area (Å²) in [6.07, 6.45) is 5.05. The van der Waals surface area contributed by atoms with Crippen molar-refractivity contribution in [1.29, 1.82) is 0 Å². The van der Waals surface area contributed by atoms with Gasteiger partial charge < -0.3 is 14.6 Å². The predicted molar refractivity (Wildman–Crippen MR) is 80.7 cm³/mol. The molecule has 0 unspecified atom stereocenters. The predicted octanol–water partition coefficient (Wildman–Crippen LogP) is 0.745. The van der Waals surface area contributed by atoms with E-state index in [0.717, 1.165) is 30.9 Å². The second-order valence-electron chi connectivity index (χ2n) is 6.87. The van der Waals surface area contributed by atoms with E-state index in [4.69, 9.17) is 15.3 Å². The van der Waals surface area contributed by atoms with Crippen LogP contribution in [0.15, 0.2) is 24.3 Å². The number of hydrazine groups is 1. The Labute approximate surface area is 129 Å². The highest BCUT2D eigenvalue weighted by atomic mass is 16.5. The van der Waals surface area contributed by atoms with Crippen LogP contribution in [-0.2, 0) is 11.8 Å². The average molecular weight is 300 g/mol. The molecule has 2 bridgehead atoms. The molecule has 1 fully saturated rings. The van der Waals surface area contributed by atoms with E-state index in [-0.39, 0.29) is 17.6 Å². The van der Waals surface area contributed by atoms with Crippen LogP contribution in [0.5, 0.6) is 11.5 Å². The molecule has 0 radical (unpaired) electrons. The van der Waals surface area contributed by atoms with Crippen LogP contribution in [0.1, 0.15) is 17.5 Å². The van der Waals surface area contributed by atoms with E-state index in [1.165, 1.54) is 11.1 Å². The number of aliphatic hydroxyl groups excluding tert-OH is 1. The fourth-order valence-corrected chi connectivity index (χ4v) is 5.24. The lowest BCUT2D eigenvalue weighted by Crippen LogP contribution is -2.66. The molecule has 22 heavy (non-hydrogen) atoms. The molecule has 5 atom stereocenters. The summed E-state index contributed by atoms with van der Waals surface area (Å²) in [7, 11) is 1.67. The quantitative estimate of drug-likeness (QED) is 0.591. The third-order valence-corrected chi connectivity index (χ3v) is 6.12. The van der Waals surface area contributed by atoms with Crippen LogP contribution in [0, 0.1) is 5.92 Å². The molecule has 116 valence electrons. The maximum absolute atomic E-state index is 10.5. The number of methoxy groups -OCH3 is 1. The minimum atomic E-state index is -0.579. The maximum Gasteiger partial charge on any atom is 0.165 e. The highest BCUT2D eigenvalue weighted by Gasteiger charge is 2.64. The average Bonchev–Trinajstić information content (AvgIpc) is 2.88. The van der Waals surface area contributed by atoms with Gasteiger partial charge in [-0.1, -0.05) is 18.2 Å². The molecule has 5 nitrogen and oxygen atoms in total. The van der Waals surface area contributed by atoms with Crippen LogP contribution in [0.2, 0.25) is 0 Å². The molecule has 0 aromatic heterocycles. The van der Waals surface area contributed by atoms with Gasteiger partial charge in [-0.05, 0) is 24.5 Å². The summed E-state index contributed by atoms with van der Waals surface area (Å²) >= 11 is 0. The van der Waals surface area contributed by atoms with Gasteiger partial charge in [0, 0.05) is 29.5 Å². The Kier molecular flexibility index (Phi) is 2.38. The van der Waals surface area contributed by atoms with Crippen molar-refractivity contribution in [2.75, 3.05) is 13.7 Å². The molecule has 1 spiro atoms. The highest BCUT2D eigenvalue weighted by Crippen LogP contribution is 2.62. The number of benzene rings is 1. The first-order valence-corrected chi connectivity index (χ1v) is 7.91. The summed E-state index contributed by atoms with van der Waals surface area (Å²) in [5, 5.41) is 12.5. The van der Waals surface area contributed by atoms with Crippen molar-refractivity contribution in [3.8, 4) is 11.5 Å². The van der Waals surface area contributed by atoms with E-state index in [1.807, 2.05) is 17.2 Å². The molecule has 2 aliphatic heterocycles. The Morgan fingerprint density at radius 3 is 3.09 bits per heavy atom. The van der Waals surface area contributed by atoms with Crippen LogP contribution in [0.3, 0.4) is 0 Å². The molecule has 5 heteroatoms. The zero-order chi connectivity index (χ0) is 15.1. The minimum absolute atomic E-state index is 0.161. The highest BCUT2D eigenvalue weighted by molar-refractivity contribution is 5.62. The summed E-state index contributed by atoms with van der Waals surface area (Å²) in [4.78, 5) is 0. The van der Waals surface area contributed by atoms with E-state index in [1.54, 1.807) is 7.11 Å². The van der Waals surface area contributed by atoms with E-state index in [0.29, 0.717) is 5.92 Å². The smallest absolute Gasteiger partial charge is 0.165 e. The van der Waals surface area contributed by atoms with Crippen molar-refractivity contribution < 1.29 is 14.6 Å². The molecule has 1 aromatic rings. The standard InChI is InChI=1S/C17H20N2O3/c1-21-13-5-2-9-8-11-10-3-4-12(20)16-17(10,6-7-19(11)18)14(9)15(13)22-16/h2-5,10-12,16,20H,6-8,18H2,1H3/t10-,11+,12-,16-,17-/m0/s1. The van der Waals surface area contributed by atoms with Crippen molar-refractivity contribution in [2.45, 2.75) is 36.5 Å². The van der Waals surface area contributed by atoms with Gasteiger partial charge in [-0.2, -0.15) is 0 Å². The van der Waals surface area contributed by atoms with Gasteiger partial charge in [-0.3, -0.25) is 5.84 Å². The van der Waals surface area contributed by atoms with Crippen LogP contribution >= 0.6 is 0 Å². The SMILES string of the molecule is COc1ccc2c3c1O[C@H]1[C@@H](O)C=C[C@H]4[C@@H](C2)N(N)CC[C@@]341. The van der Waals surface area contributed by atoms with Crippen molar-refractivity contribution in [2.24, 2.45) is 11.8 Å². The Balaban J connectivity index is 1.82. The van der Waals surface area contributed by atoms with Gasteiger partial charge >= 0.3 is 0 Å². The van der Waals surface area contributed by atoms with Gasteiger partial charge in [0.25, 0.3) is 0 Å². The van der Waals surface area contributed by atoms with E-state index in [2.05, 4.69) is 12.1 Å². The molecule has 0 saturated carbocycles. The summed E-state index contributed by atoms with van der Waals surface area (Å²) < 4.78 is 11.8. The van der Waals surface area contributed by atoms with Crippen LogP contribution in [-0.4, -0.2) is 42.0 Å². The molecule has 0 amide bonds. The lowest BCUT2D eigenvalue weighted by Gasteiger charge is -2.56. The first-order chi connectivity index (χ1) is 10.7. The molecule has 2 aliphatic carbocycles. The molecule has 1 saturated heterocycles. The van der Waals surface area contributed by atoms with Crippen LogP contribution in [0.4, 0.5) is 0 Å². The first-order valence-electron chi connectivity index (χ1n) is 7.91. The van der Waals surface area contributed by atoms with Gasteiger partial charge in [0.15, 0.2) is 11.5 Å². The minimum Gasteiger partial charge on any atom is -0.493 e. The summed E-state index contributed by atoms with van der Waals surface area (Å²) in [5.41, 5.74) is 2.39. The van der Waals surface area contributed by atoms with Crippen molar-refractivity contribution in [3.63, 3.8) is 0 Å². The number of aliphatic hydroxyl groups is 1. The Morgan fingerprint density at radius 2 is 2.27 bits per heavy atom. The van der Waals surface area contributed by atoms with Gasteiger partial charge in [0.1, 0.15) is 12.2 Å². The molecule has 3 N–H and O–H groups in total. The number of piperidine rings is 1. The number of hydrogen-bond acceptors (Lipinski definition) is 5. The maximum atomic E-state index is 10.5. The Morgan fingerprint density at radius 1 is 1.41 bits per heavy atom. The van der Waals surface area contributed by atoms with Gasteiger partial charge in [0.2, 0.25) is 0 Å². The molecule has 1 aromatic carbocycles. The molecule has 5 rings (SSSR count). The summed E-state index contributed by atoms with van der Waals surface area (Å²) in [5.74, 6) is 8.16. The Hall–Kier alpha value is -1.56. The largest absolute Gasteiger partial charge is 0.493 e. The van der Waals surface area contributed by atoms with Gasteiger partial charge in [-0.15, -0.1) is 0 Å². The second kappa shape index (κ2) is 4.04. The normalized spacial score (nSPS) is 41.0. The monoisotopic (exact) mass is 300 g/mol. The third kappa shape index (κ3) is 1.27. The zero-order valence-electron chi connectivity index (χ0n) is 12.5. The molecule has 2 heterocycles. The van der Waals surface area contributed by atoms with Crippen LogP contribution in [0.25, 0.3) is 0 Å². The van der Waals surface area contributed by atoms with Crippen molar-refractivity contribution in [1.82, 2.24) is 5.01 Å². The van der Waals surface area contributed by atoms with Crippen molar-refractivity contribution >= 4 is 0 Å². The Bertz CT molecular complexity index is 689. The van der Waals surface area contributed by atoms with Crippen molar-refractivity contribution in [3.05, 3.63) is 35.4 Å². The van der Waals surface area contributed by atoms with Crippen LogP contribution < -0.4 is 15.3 Å². The lowest BCUT2D eigenvalue weighted by atomic mass is 9.53. The fourth-order valence-electron chi connectivity index (χ4n) is 5.24. The number of rotatable bonds is 1. The lowest BCUT2D eigenvalue weighted by molar-refractivity contribution is -0.0520. The number of hydrogen-bond donors (Lipinski definition) is 2. The van der Waals surface area contributed by atoms with E-state index >= 15 is 0 Å². The zero-order valence-corrected chi connectivity index (χ0v) is 12.5. The fraction of sp³-hybridized carbons (Fsp3) is 0.529. The number of nitrogens with zero attached hydrogens (tertiary/aromatic N) is 1.